The molecule has 0 aliphatic heterocycles. The molecule has 3 aromatic rings. The summed E-state index contributed by atoms with van der Waals surface area (Å²) in [5, 5.41) is 8.78. The van der Waals surface area contributed by atoms with Gasteiger partial charge in [0.15, 0.2) is 11.6 Å². The lowest BCUT2D eigenvalue weighted by Crippen LogP contribution is -2.43. The number of para-hydroxylation sites is 1. The average Bonchev–Trinajstić information content (AvgIpc) is 2.87. The van der Waals surface area contributed by atoms with Crippen LogP contribution in [0.15, 0.2) is 48.8 Å². The molecule has 1 aliphatic rings. The number of rotatable bonds is 8. The first-order chi connectivity index (χ1) is 17.4. The Hall–Kier alpha value is -4.25. The van der Waals surface area contributed by atoms with Gasteiger partial charge in [-0.1, -0.05) is 25.0 Å². The first-order valence-electron chi connectivity index (χ1n) is 11.5. The third kappa shape index (κ3) is 5.69. The standard InChI is InChI=1S/C25H28FN7O3/c1-36-21-9-5-2-6-16(21)25(35)31-15-10-14(12-29-13-15)30-23-17(22(28)34)11-18(26)24(33-23)32-20-8-4-3-7-19(20)27/h2,5-6,9-13,19-20H,3-4,7-8,27H2,1H3,(H2,28,34)(H,31,35)(H2,30,32,33)/t19-,20+/m0/s1. The van der Waals surface area contributed by atoms with Crippen molar-refractivity contribution < 1.29 is 18.7 Å². The molecule has 1 aliphatic carbocycles. The Balaban J connectivity index is 1.57. The SMILES string of the molecule is COc1ccccc1C(=O)Nc1cncc(Nc2nc(N[C@@H]3CCCC[C@@H]3N)c(F)cc2C(N)=O)c1. The van der Waals surface area contributed by atoms with E-state index >= 15 is 0 Å². The Kier molecular flexibility index (Phi) is 7.59. The topological polar surface area (TPSA) is 157 Å². The molecule has 188 valence electrons. The lowest BCUT2D eigenvalue weighted by atomic mass is 9.91. The van der Waals surface area contributed by atoms with E-state index in [1.54, 1.807) is 30.3 Å². The number of pyridine rings is 2. The van der Waals surface area contributed by atoms with Gasteiger partial charge in [0, 0.05) is 12.1 Å². The Bertz CT molecular complexity index is 1270. The van der Waals surface area contributed by atoms with Gasteiger partial charge in [0.05, 0.1) is 42.0 Å². The highest BCUT2D eigenvalue weighted by atomic mass is 19.1. The van der Waals surface area contributed by atoms with Crippen molar-refractivity contribution >= 4 is 34.8 Å². The molecule has 4 rings (SSSR count). The van der Waals surface area contributed by atoms with Crippen LogP contribution in [0.2, 0.25) is 0 Å². The van der Waals surface area contributed by atoms with Gasteiger partial charge in [-0.25, -0.2) is 9.37 Å². The monoisotopic (exact) mass is 493 g/mol. The van der Waals surface area contributed by atoms with Gasteiger partial charge in [-0.3, -0.25) is 14.6 Å². The van der Waals surface area contributed by atoms with Crippen LogP contribution in [-0.2, 0) is 0 Å². The van der Waals surface area contributed by atoms with Crippen LogP contribution in [0.3, 0.4) is 0 Å². The number of anilines is 4. The van der Waals surface area contributed by atoms with Crippen molar-refractivity contribution in [2.45, 2.75) is 37.8 Å². The van der Waals surface area contributed by atoms with E-state index < -0.39 is 11.7 Å². The zero-order valence-electron chi connectivity index (χ0n) is 19.8. The number of amides is 2. The quantitative estimate of drug-likeness (QED) is 0.319. The fourth-order valence-corrected chi connectivity index (χ4v) is 4.13. The fourth-order valence-electron chi connectivity index (χ4n) is 4.13. The molecule has 1 aromatic carbocycles. The van der Waals surface area contributed by atoms with Gasteiger partial charge in [-0.15, -0.1) is 0 Å². The number of nitrogens with two attached hydrogens (primary N) is 2. The summed E-state index contributed by atoms with van der Waals surface area (Å²) in [5.74, 6) is -1.50. The lowest BCUT2D eigenvalue weighted by Gasteiger charge is -2.30. The first kappa shape index (κ1) is 24.9. The van der Waals surface area contributed by atoms with Gasteiger partial charge in [-0.2, -0.15) is 0 Å². The Morgan fingerprint density at radius 2 is 1.81 bits per heavy atom. The van der Waals surface area contributed by atoms with Crippen LogP contribution >= 0.6 is 0 Å². The third-order valence-corrected chi connectivity index (χ3v) is 5.99. The minimum atomic E-state index is -0.849. The summed E-state index contributed by atoms with van der Waals surface area (Å²) < 4.78 is 20.0. The average molecular weight is 494 g/mol. The molecule has 2 atom stereocenters. The largest absolute Gasteiger partial charge is 0.496 e. The fraction of sp³-hybridized carbons (Fsp3) is 0.280. The van der Waals surface area contributed by atoms with Crippen LogP contribution in [0.5, 0.6) is 5.75 Å². The van der Waals surface area contributed by atoms with E-state index in [0.717, 1.165) is 31.7 Å². The number of primary amides is 1. The summed E-state index contributed by atoms with van der Waals surface area (Å²) in [5.41, 5.74) is 12.7. The number of carbonyl (C=O) groups excluding carboxylic acids is 2. The van der Waals surface area contributed by atoms with Gasteiger partial charge >= 0.3 is 0 Å². The van der Waals surface area contributed by atoms with Crippen molar-refractivity contribution in [1.29, 1.82) is 0 Å². The predicted octanol–water partition coefficient (Wildman–Crippen LogP) is 3.40. The maximum absolute atomic E-state index is 14.8. The number of ether oxygens (including phenoxy) is 1. The summed E-state index contributed by atoms with van der Waals surface area (Å²) >= 11 is 0. The first-order valence-corrected chi connectivity index (χ1v) is 11.5. The summed E-state index contributed by atoms with van der Waals surface area (Å²) in [4.78, 5) is 33.2. The highest BCUT2D eigenvalue weighted by Gasteiger charge is 2.24. The van der Waals surface area contributed by atoms with Crippen molar-refractivity contribution in [2.24, 2.45) is 11.5 Å². The Labute approximate surface area is 207 Å². The molecule has 36 heavy (non-hydrogen) atoms. The van der Waals surface area contributed by atoms with Gasteiger partial charge in [0.25, 0.3) is 11.8 Å². The van der Waals surface area contributed by atoms with Crippen molar-refractivity contribution in [1.82, 2.24) is 9.97 Å². The zero-order chi connectivity index (χ0) is 25.7. The van der Waals surface area contributed by atoms with E-state index in [0.29, 0.717) is 22.7 Å². The van der Waals surface area contributed by atoms with Crippen LogP contribution in [-0.4, -0.2) is 41.0 Å². The van der Waals surface area contributed by atoms with Crippen molar-refractivity contribution in [3.63, 3.8) is 0 Å². The maximum Gasteiger partial charge on any atom is 0.259 e. The van der Waals surface area contributed by atoms with E-state index in [2.05, 4.69) is 25.9 Å². The molecule has 11 heteroatoms. The normalized spacial score (nSPS) is 17.2. The number of carbonyl (C=O) groups is 2. The van der Waals surface area contributed by atoms with Crippen LogP contribution < -0.4 is 32.2 Å². The molecule has 0 spiro atoms. The van der Waals surface area contributed by atoms with Crippen molar-refractivity contribution in [2.75, 3.05) is 23.1 Å². The van der Waals surface area contributed by atoms with Gasteiger partial charge in [-0.05, 0) is 37.1 Å². The number of nitrogens with one attached hydrogen (secondary N) is 3. The molecule has 1 saturated carbocycles. The molecule has 10 nitrogen and oxygen atoms in total. The van der Waals surface area contributed by atoms with Gasteiger partial charge < -0.3 is 32.2 Å². The molecule has 7 N–H and O–H groups in total. The van der Waals surface area contributed by atoms with Crippen LogP contribution in [0, 0.1) is 5.82 Å². The zero-order valence-corrected chi connectivity index (χ0v) is 19.8. The van der Waals surface area contributed by atoms with E-state index in [-0.39, 0.29) is 35.2 Å². The second-order valence-electron chi connectivity index (χ2n) is 8.52. The summed E-state index contributed by atoms with van der Waals surface area (Å²) in [6.07, 6.45) is 6.57. The number of benzene rings is 1. The number of halogens is 1. The van der Waals surface area contributed by atoms with Gasteiger partial charge in [0.1, 0.15) is 11.6 Å². The second-order valence-corrected chi connectivity index (χ2v) is 8.52. The molecule has 0 saturated heterocycles. The minimum Gasteiger partial charge on any atom is -0.496 e. The second kappa shape index (κ2) is 11.0. The highest BCUT2D eigenvalue weighted by molar-refractivity contribution is 6.06. The van der Waals surface area contributed by atoms with E-state index in [9.17, 15) is 14.0 Å². The molecule has 0 radical (unpaired) electrons. The smallest absolute Gasteiger partial charge is 0.259 e. The van der Waals surface area contributed by atoms with Crippen molar-refractivity contribution in [3.8, 4) is 5.75 Å². The number of methoxy groups -OCH3 is 1. The Morgan fingerprint density at radius 1 is 1.06 bits per heavy atom. The molecule has 2 amide bonds. The van der Waals surface area contributed by atoms with E-state index in [4.69, 9.17) is 16.2 Å². The molecular formula is C25H28FN7O3. The molecule has 2 aromatic heterocycles. The van der Waals surface area contributed by atoms with E-state index in [1.807, 2.05) is 0 Å². The lowest BCUT2D eigenvalue weighted by molar-refractivity contribution is 0.0997. The number of nitrogens with zero attached hydrogens (tertiary/aromatic N) is 2. The number of hydrogen-bond donors (Lipinski definition) is 5. The molecule has 0 unspecified atom stereocenters. The van der Waals surface area contributed by atoms with E-state index in [1.165, 1.54) is 19.5 Å². The predicted molar refractivity (Wildman–Crippen MR) is 135 cm³/mol. The maximum atomic E-state index is 14.8. The third-order valence-electron chi connectivity index (χ3n) is 5.99. The molecular weight excluding hydrogens is 465 g/mol. The number of hydrogen-bond acceptors (Lipinski definition) is 8. The van der Waals surface area contributed by atoms with Gasteiger partial charge in [0.2, 0.25) is 0 Å². The molecule has 0 bridgehead atoms. The molecule has 1 fully saturated rings. The number of aromatic nitrogens is 2. The Morgan fingerprint density at radius 3 is 2.56 bits per heavy atom. The van der Waals surface area contributed by atoms with Crippen LogP contribution in [0.4, 0.5) is 27.4 Å². The highest BCUT2D eigenvalue weighted by Crippen LogP contribution is 2.27. The van der Waals surface area contributed by atoms with Crippen molar-refractivity contribution in [3.05, 3.63) is 65.7 Å². The minimum absolute atomic E-state index is 0.0292. The van der Waals surface area contributed by atoms with Crippen LogP contribution in [0.25, 0.3) is 0 Å². The summed E-state index contributed by atoms with van der Waals surface area (Å²) in [6, 6.07) is 9.18. The summed E-state index contributed by atoms with van der Waals surface area (Å²) in [7, 11) is 1.48. The molecule has 2 heterocycles. The van der Waals surface area contributed by atoms with Crippen LogP contribution in [0.1, 0.15) is 46.4 Å². The summed E-state index contributed by atoms with van der Waals surface area (Å²) in [6.45, 7) is 0.